The number of hydrogen-bond donors (Lipinski definition) is 1. The zero-order chi connectivity index (χ0) is 17.3. The van der Waals surface area contributed by atoms with Crippen LogP contribution in [0.15, 0.2) is 28.8 Å². The van der Waals surface area contributed by atoms with Crippen molar-refractivity contribution in [3.63, 3.8) is 0 Å². The van der Waals surface area contributed by atoms with Crippen LogP contribution < -0.4 is 10.6 Å². The first-order valence-electron chi connectivity index (χ1n) is 8.30. The average Bonchev–Trinajstić information content (AvgIpc) is 3.04. The van der Waals surface area contributed by atoms with E-state index >= 15 is 0 Å². The molecule has 2 aromatic rings. The van der Waals surface area contributed by atoms with Gasteiger partial charge in [0.15, 0.2) is 0 Å². The molecule has 0 aliphatic carbocycles. The lowest BCUT2D eigenvalue weighted by Gasteiger charge is -2.38. The molecule has 1 amide bonds. The van der Waals surface area contributed by atoms with Crippen LogP contribution >= 0.6 is 11.6 Å². The van der Waals surface area contributed by atoms with Gasteiger partial charge >= 0.3 is 0 Å². The van der Waals surface area contributed by atoms with Gasteiger partial charge in [-0.15, -0.1) is 0 Å². The van der Waals surface area contributed by atoms with Crippen molar-refractivity contribution in [1.82, 2.24) is 4.98 Å². The number of carbonyl (C=O) groups excluding carboxylic acids is 1. The molecule has 2 atom stereocenters. The molecule has 1 fully saturated rings. The van der Waals surface area contributed by atoms with Crippen molar-refractivity contribution < 1.29 is 9.21 Å². The molecule has 1 saturated heterocycles. The summed E-state index contributed by atoms with van der Waals surface area (Å²) in [5.41, 5.74) is 5.62. The predicted octanol–water partition coefficient (Wildman–Crippen LogP) is 3.97. The van der Waals surface area contributed by atoms with Gasteiger partial charge in [-0.2, -0.15) is 0 Å². The van der Waals surface area contributed by atoms with Gasteiger partial charge in [0.1, 0.15) is 17.3 Å². The summed E-state index contributed by atoms with van der Waals surface area (Å²) < 4.78 is 5.99. The molecule has 0 spiro atoms. The lowest BCUT2D eigenvalue weighted by Crippen LogP contribution is -2.37. The molecule has 0 radical (unpaired) electrons. The van der Waals surface area contributed by atoms with E-state index in [4.69, 9.17) is 21.8 Å². The SMILES string of the molecule is CCc1ccc(C2CC(C)CCN2c2ncc(C(N)=O)cc2Cl)o1. The van der Waals surface area contributed by atoms with Crippen LogP contribution in [0.4, 0.5) is 5.82 Å². The number of carbonyl (C=O) groups is 1. The number of nitrogens with zero attached hydrogens (tertiary/aromatic N) is 2. The number of pyridine rings is 1. The van der Waals surface area contributed by atoms with Crippen molar-refractivity contribution in [3.8, 4) is 0 Å². The number of primary amides is 1. The van der Waals surface area contributed by atoms with Gasteiger partial charge in [0.2, 0.25) is 5.91 Å². The van der Waals surface area contributed by atoms with Gasteiger partial charge in [-0.25, -0.2) is 4.98 Å². The summed E-state index contributed by atoms with van der Waals surface area (Å²) in [5, 5.41) is 0.438. The molecule has 0 aromatic carbocycles. The standard InChI is InChI=1S/C18H22ClN3O2/c1-3-13-4-5-16(24-13)15-8-11(2)6-7-22(15)18-14(19)9-12(10-21-18)17(20)23/h4-5,9-11,15H,3,6-8H2,1-2H3,(H2,20,23). The maximum atomic E-state index is 11.3. The molecule has 2 aromatic heterocycles. The Bertz CT molecular complexity index is 744. The summed E-state index contributed by atoms with van der Waals surface area (Å²) in [7, 11) is 0. The Hall–Kier alpha value is -2.01. The number of piperidine rings is 1. The van der Waals surface area contributed by atoms with Crippen LogP contribution in [0.2, 0.25) is 5.02 Å². The number of furan rings is 1. The molecular weight excluding hydrogens is 326 g/mol. The topological polar surface area (TPSA) is 72.4 Å². The molecule has 5 nitrogen and oxygen atoms in total. The fourth-order valence-electron chi connectivity index (χ4n) is 3.21. The summed E-state index contributed by atoms with van der Waals surface area (Å²) in [6.07, 6.45) is 4.40. The number of aryl methyl sites for hydroxylation is 1. The van der Waals surface area contributed by atoms with Gasteiger partial charge in [-0.3, -0.25) is 4.79 Å². The minimum absolute atomic E-state index is 0.0958. The van der Waals surface area contributed by atoms with Gasteiger partial charge in [-0.1, -0.05) is 25.4 Å². The van der Waals surface area contributed by atoms with E-state index in [1.807, 2.05) is 12.1 Å². The molecule has 2 unspecified atom stereocenters. The van der Waals surface area contributed by atoms with E-state index in [2.05, 4.69) is 23.7 Å². The molecular formula is C18H22ClN3O2. The Morgan fingerprint density at radius 3 is 2.92 bits per heavy atom. The smallest absolute Gasteiger partial charge is 0.250 e. The number of aromatic nitrogens is 1. The Kier molecular flexibility index (Phi) is 4.81. The fraction of sp³-hybridized carbons (Fsp3) is 0.444. The maximum Gasteiger partial charge on any atom is 0.250 e. The van der Waals surface area contributed by atoms with E-state index in [-0.39, 0.29) is 6.04 Å². The third-order valence-corrected chi connectivity index (χ3v) is 4.88. The molecule has 3 rings (SSSR count). The second-order valence-electron chi connectivity index (χ2n) is 6.39. The van der Waals surface area contributed by atoms with E-state index in [9.17, 15) is 4.79 Å². The largest absolute Gasteiger partial charge is 0.464 e. The van der Waals surface area contributed by atoms with E-state index < -0.39 is 5.91 Å². The number of anilines is 1. The van der Waals surface area contributed by atoms with Crippen molar-refractivity contribution in [3.05, 3.63) is 46.5 Å². The molecule has 0 bridgehead atoms. The second-order valence-corrected chi connectivity index (χ2v) is 6.80. The van der Waals surface area contributed by atoms with Crippen molar-refractivity contribution in [2.75, 3.05) is 11.4 Å². The van der Waals surface area contributed by atoms with Crippen molar-refractivity contribution in [2.45, 2.75) is 39.2 Å². The third-order valence-electron chi connectivity index (χ3n) is 4.60. The Morgan fingerprint density at radius 1 is 1.50 bits per heavy atom. The monoisotopic (exact) mass is 347 g/mol. The van der Waals surface area contributed by atoms with Crippen molar-refractivity contribution >= 4 is 23.3 Å². The van der Waals surface area contributed by atoms with Gasteiger partial charge in [0, 0.05) is 19.2 Å². The summed E-state index contributed by atoms with van der Waals surface area (Å²) in [6, 6.07) is 5.75. The fourth-order valence-corrected chi connectivity index (χ4v) is 3.48. The van der Waals surface area contributed by atoms with Crippen LogP contribution in [0, 0.1) is 5.92 Å². The van der Waals surface area contributed by atoms with Crippen LogP contribution in [-0.4, -0.2) is 17.4 Å². The van der Waals surface area contributed by atoms with Gasteiger partial charge in [-0.05, 0) is 37.0 Å². The first-order chi connectivity index (χ1) is 11.5. The van der Waals surface area contributed by atoms with Gasteiger partial charge < -0.3 is 15.1 Å². The van der Waals surface area contributed by atoms with Crippen LogP contribution in [0.5, 0.6) is 0 Å². The number of hydrogen-bond acceptors (Lipinski definition) is 4. The van der Waals surface area contributed by atoms with Gasteiger partial charge in [0.25, 0.3) is 0 Å². The number of rotatable bonds is 4. The molecule has 1 aliphatic heterocycles. The quantitative estimate of drug-likeness (QED) is 0.908. The number of nitrogens with two attached hydrogens (primary N) is 1. The Balaban J connectivity index is 1.95. The van der Waals surface area contributed by atoms with Crippen molar-refractivity contribution in [1.29, 1.82) is 0 Å². The zero-order valence-corrected chi connectivity index (χ0v) is 14.7. The van der Waals surface area contributed by atoms with Gasteiger partial charge in [0.05, 0.1) is 16.6 Å². The maximum absolute atomic E-state index is 11.3. The summed E-state index contributed by atoms with van der Waals surface area (Å²) in [6.45, 7) is 5.17. The van der Waals surface area contributed by atoms with E-state index in [1.165, 1.54) is 6.20 Å². The highest BCUT2D eigenvalue weighted by Gasteiger charge is 2.32. The second kappa shape index (κ2) is 6.85. The highest BCUT2D eigenvalue weighted by molar-refractivity contribution is 6.33. The van der Waals surface area contributed by atoms with Crippen LogP contribution in [0.3, 0.4) is 0 Å². The highest BCUT2D eigenvalue weighted by atomic mass is 35.5. The molecule has 6 heteroatoms. The summed E-state index contributed by atoms with van der Waals surface area (Å²) in [5.74, 6) is 2.66. The van der Waals surface area contributed by atoms with E-state index in [1.54, 1.807) is 6.07 Å². The Morgan fingerprint density at radius 2 is 2.29 bits per heavy atom. The highest BCUT2D eigenvalue weighted by Crippen LogP contribution is 2.39. The first kappa shape index (κ1) is 16.8. The third kappa shape index (κ3) is 3.26. The normalized spacial score (nSPS) is 21.0. The molecule has 2 N–H and O–H groups in total. The lowest BCUT2D eigenvalue weighted by molar-refractivity contribution is 0.1000. The molecule has 3 heterocycles. The zero-order valence-electron chi connectivity index (χ0n) is 14.0. The summed E-state index contributed by atoms with van der Waals surface area (Å²) in [4.78, 5) is 17.9. The molecule has 0 saturated carbocycles. The minimum Gasteiger partial charge on any atom is -0.464 e. The van der Waals surface area contributed by atoms with Crippen molar-refractivity contribution in [2.24, 2.45) is 11.7 Å². The average molecular weight is 348 g/mol. The minimum atomic E-state index is -0.529. The number of halogens is 1. The van der Waals surface area contributed by atoms with E-state index in [0.29, 0.717) is 22.3 Å². The summed E-state index contributed by atoms with van der Waals surface area (Å²) >= 11 is 6.39. The van der Waals surface area contributed by atoms with Crippen LogP contribution in [0.25, 0.3) is 0 Å². The predicted molar refractivity (Wildman–Crippen MR) is 94.3 cm³/mol. The molecule has 1 aliphatic rings. The Labute approximate surface area is 146 Å². The van der Waals surface area contributed by atoms with Crippen LogP contribution in [0.1, 0.15) is 54.6 Å². The molecule has 128 valence electrons. The van der Waals surface area contributed by atoms with Crippen LogP contribution in [-0.2, 0) is 6.42 Å². The first-order valence-corrected chi connectivity index (χ1v) is 8.68. The number of amides is 1. The lowest BCUT2D eigenvalue weighted by atomic mass is 9.91. The van der Waals surface area contributed by atoms with E-state index in [0.717, 1.165) is 37.3 Å². The molecule has 24 heavy (non-hydrogen) atoms.